The Bertz CT molecular complexity index is 484. The van der Waals surface area contributed by atoms with Crippen molar-refractivity contribution in [2.75, 3.05) is 40.3 Å². The molecule has 4 N–H and O–H groups in total. The van der Waals surface area contributed by atoms with E-state index in [-0.39, 0.29) is 11.9 Å². The van der Waals surface area contributed by atoms with Crippen LogP contribution < -0.4 is 20.4 Å². The maximum absolute atomic E-state index is 12.5. The van der Waals surface area contributed by atoms with E-state index in [4.69, 9.17) is 0 Å². The van der Waals surface area contributed by atoms with E-state index in [1.807, 2.05) is 30.3 Å². The van der Waals surface area contributed by atoms with Crippen molar-refractivity contribution in [3.05, 3.63) is 35.9 Å². The lowest BCUT2D eigenvalue weighted by atomic mass is 10.0. The van der Waals surface area contributed by atoms with Gasteiger partial charge in [-0.25, -0.2) is 4.79 Å². The number of piperazine rings is 1. The van der Waals surface area contributed by atoms with Gasteiger partial charge in [-0.2, -0.15) is 0 Å². The summed E-state index contributed by atoms with van der Waals surface area (Å²) in [6.07, 6.45) is 0. The van der Waals surface area contributed by atoms with Crippen LogP contribution in [0.5, 0.6) is 0 Å². The Balaban J connectivity index is 2.18. The molecule has 1 aliphatic rings. The number of quaternary nitrogens is 2. The Kier molecular flexibility index (Phi) is 5.30. The molecule has 0 aliphatic carbocycles. The van der Waals surface area contributed by atoms with Gasteiger partial charge >= 0.3 is 6.03 Å². The topological polar surface area (TPSA) is 67.1 Å². The molecule has 1 atom stereocenters. The summed E-state index contributed by atoms with van der Waals surface area (Å²) in [5, 5.41) is 4.85. The highest BCUT2D eigenvalue weighted by molar-refractivity contribution is 5.96. The van der Waals surface area contributed by atoms with Crippen LogP contribution in [0.2, 0.25) is 0 Å². The van der Waals surface area contributed by atoms with Crippen LogP contribution in [0.15, 0.2) is 30.3 Å². The molecule has 1 fully saturated rings. The third-order valence-electron chi connectivity index (χ3n) is 4.01. The van der Waals surface area contributed by atoms with Crippen molar-refractivity contribution < 1.29 is 19.4 Å². The van der Waals surface area contributed by atoms with Crippen molar-refractivity contribution in [2.45, 2.75) is 6.04 Å². The number of benzene rings is 1. The predicted octanol–water partition coefficient (Wildman–Crippen LogP) is -2.40. The second kappa shape index (κ2) is 7.19. The zero-order valence-corrected chi connectivity index (χ0v) is 12.6. The largest absolute Gasteiger partial charge is 0.341 e. The van der Waals surface area contributed by atoms with Crippen LogP contribution in [0.3, 0.4) is 0 Å². The molecule has 1 saturated heterocycles. The van der Waals surface area contributed by atoms with E-state index >= 15 is 0 Å². The molecule has 0 bridgehead atoms. The number of amides is 3. The van der Waals surface area contributed by atoms with Gasteiger partial charge in [0.05, 0.1) is 7.05 Å². The lowest BCUT2D eigenvalue weighted by Crippen LogP contribution is -3.27. The molecule has 3 amide bonds. The first kappa shape index (κ1) is 15.5. The number of imide groups is 1. The molecule has 2 rings (SSSR count). The lowest BCUT2D eigenvalue weighted by Gasteiger charge is -2.32. The minimum absolute atomic E-state index is 0.241. The summed E-state index contributed by atoms with van der Waals surface area (Å²) in [6.45, 7) is 3.91. The van der Waals surface area contributed by atoms with E-state index in [1.54, 1.807) is 0 Å². The number of nitrogens with one attached hydrogen (secondary N) is 4. The van der Waals surface area contributed by atoms with Crippen molar-refractivity contribution in [2.24, 2.45) is 0 Å². The predicted molar refractivity (Wildman–Crippen MR) is 79.1 cm³/mol. The van der Waals surface area contributed by atoms with Crippen LogP contribution in [0.1, 0.15) is 11.6 Å². The molecule has 0 unspecified atom stereocenters. The van der Waals surface area contributed by atoms with Gasteiger partial charge in [-0.1, -0.05) is 30.3 Å². The average Bonchev–Trinajstić information content (AvgIpc) is 2.50. The van der Waals surface area contributed by atoms with Gasteiger partial charge in [0.2, 0.25) is 0 Å². The van der Waals surface area contributed by atoms with E-state index < -0.39 is 6.03 Å². The van der Waals surface area contributed by atoms with E-state index in [0.29, 0.717) is 0 Å². The summed E-state index contributed by atoms with van der Waals surface area (Å²) in [4.78, 5) is 26.6. The molecule has 0 spiro atoms. The van der Waals surface area contributed by atoms with Gasteiger partial charge in [-0.15, -0.1) is 0 Å². The molecule has 114 valence electrons. The van der Waals surface area contributed by atoms with Gasteiger partial charge in [0.1, 0.15) is 26.2 Å². The molecule has 0 aromatic heterocycles. The number of urea groups is 1. The summed E-state index contributed by atoms with van der Waals surface area (Å²) < 4.78 is 0. The maximum Gasteiger partial charge on any atom is 0.321 e. The molecule has 1 aromatic carbocycles. The highest BCUT2D eigenvalue weighted by Crippen LogP contribution is 2.09. The van der Waals surface area contributed by atoms with Gasteiger partial charge in [0.25, 0.3) is 5.91 Å². The van der Waals surface area contributed by atoms with Crippen molar-refractivity contribution >= 4 is 11.9 Å². The van der Waals surface area contributed by atoms with Crippen LogP contribution in [-0.2, 0) is 4.79 Å². The van der Waals surface area contributed by atoms with Crippen molar-refractivity contribution in [3.8, 4) is 0 Å². The van der Waals surface area contributed by atoms with Crippen LogP contribution in [0.4, 0.5) is 4.79 Å². The minimum Gasteiger partial charge on any atom is -0.341 e. The Morgan fingerprint density at radius 1 is 1.10 bits per heavy atom. The number of likely N-dealkylation sites (N-methyl/N-ethyl adjacent to an activating group) is 1. The second-order valence-electron chi connectivity index (χ2n) is 5.53. The van der Waals surface area contributed by atoms with Gasteiger partial charge in [-0.3, -0.25) is 10.1 Å². The highest BCUT2D eigenvalue weighted by Gasteiger charge is 2.35. The SMILES string of the molecule is CNC(=O)NC(=O)[C@@H](c1ccccc1)[NH+]1CC[NH+](C)CC1. The zero-order chi connectivity index (χ0) is 15.2. The van der Waals surface area contributed by atoms with Gasteiger partial charge in [-0.05, 0) is 0 Å². The Morgan fingerprint density at radius 3 is 2.29 bits per heavy atom. The summed E-state index contributed by atoms with van der Waals surface area (Å²) in [5.74, 6) is -0.241. The highest BCUT2D eigenvalue weighted by atomic mass is 16.2. The summed E-state index contributed by atoms with van der Waals surface area (Å²) in [7, 11) is 3.67. The lowest BCUT2D eigenvalue weighted by molar-refractivity contribution is -1.01. The smallest absolute Gasteiger partial charge is 0.321 e. The van der Waals surface area contributed by atoms with E-state index in [1.165, 1.54) is 16.8 Å². The number of rotatable bonds is 3. The van der Waals surface area contributed by atoms with Crippen molar-refractivity contribution in [1.29, 1.82) is 0 Å². The Morgan fingerprint density at radius 2 is 1.71 bits per heavy atom. The monoisotopic (exact) mass is 292 g/mol. The third-order valence-corrected chi connectivity index (χ3v) is 4.01. The van der Waals surface area contributed by atoms with Crippen LogP contribution in [0.25, 0.3) is 0 Å². The van der Waals surface area contributed by atoms with E-state index in [9.17, 15) is 9.59 Å². The van der Waals surface area contributed by atoms with Crippen LogP contribution >= 0.6 is 0 Å². The summed E-state index contributed by atoms with van der Waals surface area (Å²) in [5.41, 5.74) is 0.952. The quantitative estimate of drug-likeness (QED) is 0.502. The summed E-state index contributed by atoms with van der Waals surface area (Å²) >= 11 is 0. The first-order chi connectivity index (χ1) is 10.1. The van der Waals surface area contributed by atoms with Gasteiger partial charge in [0.15, 0.2) is 6.04 Å². The molecule has 6 heteroatoms. The molecule has 21 heavy (non-hydrogen) atoms. The fraction of sp³-hybridized carbons (Fsp3) is 0.467. The second-order valence-corrected chi connectivity index (χ2v) is 5.53. The first-order valence-electron chi connectivity index (χ1n) is 7.35. The minimum atomic E-state index is -0.458. The fourth-order valence-corrected chi connectivity index (χ4v) is 2.75. The van der Waals surface area contributed by atoms with Crippen LogP contribution in [-0.4, -0.2) is 52.2 Å². The van der Waals surface area contributed by atoms with E-state index in [2.05, 4.69) is 17.7 Å². The Labute approximate surface area is 125 Å². The Hall–Kier alpha value is -1.92. The average molecular weight is 292 g/mol. The van der Waals surface area contributed by atoms with Crippen molar-refractivity contribution in [1.82, 2.24) is 10.6 Å². The fourth-order valence-electron chi connectivity index (χ4n) is 2.75. The van der Waals surface area contributed by atoms with Crippen molar-refractivity contribution in [3.63, 3.8) is 0 Å². The third kappa shape index (κ3) is 4.03. The zero-order valence-electron chi connectivity index (χ0n) is 12.6. The van der Waals surface area contributed by atoms with Gasteiger partial charge < -0.3 is 15.1 Å². The summed E-state index contributed by atoms with van der Waals surface area (Å²) in [6, 6.07) is 8.89. The number of hydrogen-bond donors (Lipinski definition) is 4. The first-order valence-corrected chi connectivity index (χ1v) is 7.35. The molecular formula is C15H24N4O2+2. The molecular weight excluding hydrogens is 268 g/mol. The molecule has 1 aliphatic heterocycles. The normalized spacial score (nSPS) is 23.1. The van der Waals surface area contributed by atoms with E-state index in [0.717, 1.165) is 31.7 Å². The molecule has 0 radical (unpaired) electrons. The molecule has 1 aromatic rings. The molecule has 0 saturated carbocycles. The number of hydrogen-bond acceptors (Lipinski definition) is 2. The van der Waals surface area contributed by atoms with Gasteiger partial charge in [0, 0.05) is 12.6 Å². The molecule has 1 heterocycles. The number of carbonyl (C=O) groups excluding carboxylic acids is 2. The van der Waals surface area contributed by atoms with Crippen LogP contribution in [0, 0.1) is 0 Å². The number of carbonyl (C=O) groups is 2. The standard InChI is InChI=1S/C15H22N4O2/c1-16-15(21)17-14(20)13(12-6-4-3-5-7-12)19-10-8-18(2)9-11-19/h3-7,13H,8-11H2,1-2H3,(H2,16,17,20,21)/p+2/t13-/m1/s1. The maximum atomic E-state index is 12.5. The molecule has 6 nitrogen and oxygen atoms in total.